The predicted octanol–water partition coefficient (Wildman–Crippen LogP) is 1.28. The molecule has 0 aromatic carbocycles. The van der Waals surface area contributed by atoms with E-state index in [1.54, 1.807) is 6.92 Å². The van der Waals surface area contributed by atoms with Gasteiger partial charge in [0, 0.05) is 0 Å². The Kier molecular flexibility index (Phi) is 2.93. The molecule has 0 unspecified atom stereocenters. The monoisotopic (exact) mass is 212 g/mol. The highest BCUT2D eigenvalue weighted by Gasteiger charge is 2.39. The summed E-state index contributed by atoms with van der Waals surface area (Å²) in [6.07, 6.45) is 3.19. The van der Waals surface area contributed by atoms with Gasteiger partial charge in [-0.3, -0.25) is 9.59 Å². The fourth-order valence-electron chi connectivity index (χ4n) is 2.32. The number of carbonyl (C=O) groups is 2. The molecule has 3 atom stereocenters. The standard InChI is InChI=1S/C11H16O4/c1-7-6-14-10(12)8-4-2-3-5-9(8)11(13)15-7/h7-9H,2-6H2,1H3/t7-,8+,9-/m1/s1. The zero-order chi connectivity index (χ0) is 10.8. The summed E-state index contributed by atoms with van der Waals surface area (Å²) in [6.45, 7) is 1.93. The summed E-state index contributed by atoms with van der Waals surface area (Å²) in [5, 5.41) is 0. The Morgan fingerprint density at radius 2 is 1.67 bits per heavy atom. The van der Waals surface area contributed by atoms with Crippen LogP contribution < -0.4 is 0 Å². The molecule has 2 fully saturated rings. The van der Waals surface area contributed by atoms with Crippen molar-refractivity contribution in [2.45, 2.75) is 38.7 Å². The maximum absolute atomic E-state index is 11.7. The minimum atomic E-state index is -0.315. The van der Waals surface area contributed by atoms with Crippen LogP contribution in [0.3, 0.4) is 0 Å². The molecule has 2 rings (SSSR count). The summed E-state index contributed by atoms with van der Waals surface area (Å²) in [6, 6.07) is 0. The lowest BCUT2D eigenvalue weighted by Gasteiger charge is -2.31. The number of esters is 2. The van der Waals surface area contributed by atoms with Crippen molar-refractivity contribution in [3.8, 4) is 0 Å². The van der Waals surface area contributed by atoms with E-state index in [0.717, 1.165) is 25.7 Å². The molecule has 2 aliphatic rings. The number of hydrogen-bond donors (Lipinski definition) is 0. The molecular formula is C11H16O4. The smallest absolute Gasteiger partial charge is 0.310 e. The van der Waals surface area contributed by atoms with Crippen LogP contribution in [-0.4, -0.2) is 24.6 Å². The third kappa shape index (κ3) is 2.13. The van der Waals surface area contributed by atoms with Crippen molar-refractivity contribution in [1.82, 2.24) is 0 Å². The predicted molar refractivity (Wildman–Crippen MR) is 52.0 cm³/mol. The number of cyclic esters (lactones) is 2. The third-order valence-electron chi connectivity index (χ3n) is 3.15. The van der Waals surface area contributed by atoms with E-state index in [1.165, 1.54) is 0 Å². The highest BCUT2D eigenvalue weighted by atomic mass is 16.6. The number of rotatable bonds is 0. The van der Waals surface area contributed by atoms with Gasteiger partial charge in [0.2, 0.25) is 0 Å². The van der Waals surface area contributed by atoms with Crippen molar-refractivity contribution in [2.24, 2.45) is 11.8 Å². The van der Waals surface area contributed by atoms with Gasteiger partial charge in [-0.1, -0.05) is 12.8 Å². The quantitative estimate of drug-likeness (QED) is 0.568. The molecule has 0 radical (unpaired) electrons. The van der Waals surface area contributed by atoms with Crippen LogP contribution in [0.15, 0.2) is 0 Å². The summed E-state index contributed by atoms with van der Waals surface area (Å²) >= 11 is 0. The Labute approximate surface area is 88.9 Å². The molecule has 1 aliphatic carbocycles. The minimum absolute atomic E-state index is 0.188. The fraction of sp³-hybridized carbons (Fsp3) is 0.818. The van der Waals surface area contributed by atoms with Crippen LogP contribution >= 0.6 is 0 Å². The van der Waals surface area contributed by atoms with Gasteiger partial charge in [-0.25, -0.2) is 0 Å². The lowest BCUT2D eigenvalue weighted by Crippen LogP contribution is -2.40. The molecule has 0 N–H and O–H groups in total. The molecule has 0 amide bonds. The number of hydrogen-bond acceptors (Lipinski definition) is 4. The van der Waals surface area contributed by atoms with Crippen LogP contribution in [0, 0.1) is 11.8 Å². The zero-order valence-electron chi connectivity index (χ0n) is 8.90. The summed E-state index contributed by atoms with van der Waals surface area (Å²) < 4.78 is 10.3. The normalized spacial score (nSPS) is 37.0. The maximum atomic E-state index is 11.7. The second kappa shape index (κ2) is 4.21. The van der Waals surface area contributed by atoms with Crippen molar-refractivity contribution in [2.75, 3.05) is 6.61 Å². The fourth-order valence-corrected chi connectivity index (χ4v) is 2.32. The van der Waals surface area contributed by atoms with Crippen molar-refractivity contribution in [3.05, 3.63) is 0 Å². The maximum Gasteiger partial charge on any atom is 0.310 e. The van der Waals surface area contributed by atoms with Gasteiger partial charge < -0.3 is 9.47 Å². The van der Waals surface area contributed by atoms with Crippen molar-refractivity contribution in [1.29, 1.82) is 0 Å². The van der Waals surface area contributed by atoms with Crippen LogP contribution in [0.5, 0.6) is 0 Å². The van der Waals surface area contributed by atoms with Gasteiger partial charge in [0.1, 0.15) is 12.7 Å². The molecule has 1 aliphatic heterocycles. The number of ether oxygens (including phenoxy) is 2. The van der Waals surface area contributed by atoms with Crippen LogP contribution in [0.2, 0.25) is 0 Å². The first kappa shape index (κ1) is 10.5. The molecule has 0 bridgehead atoms. The highest BCUT2D eigenvalue weighted by molar-refractivity contribution is 5.82. The van der Waals surface area contributed by atoms with Crippen LogP contribution in [0.4, 0.5) is 0 Å². The van der Waals surface area contributed by atoms with Gasteiger partial charge in [0.25, 0.3) is 0 Å². The summed E-state index contributed by atoms with van der Waals surface area (Å²) in [5.41, 5.74) is 0. The van der Waals surface area contributed by atoms with Crippen molar-refractivity contribution in [3.63, 3.8) is 0 Å². The first-order valence-corrected chi connectivity index (χ1v) is 5.55. The second-order valence-corrected chi connectivity index (χ2v) is 4.37. The van der Waals surface area contributed by atoms with Crippen molar-refractivity contribution < 1.29 is 19.1 Å². The average Bonchev–Trinajstić information content (AvgIpc) is 2.24. The van der Waals surface area contributed by atoms with E-state index in [4.69, 9.17) is 9.47 Å². The van der Waals surface area contributed by atoms with E-state index in [9.17, 15) is 9.59 Å². The van der Waals surface area contributed by atoms with E-state index in [2.05, 4.69) is 0 Å². The molecule has 0 aromatic rings. The lowest BCUT2D eigenvalue weighted by molar-refractivity contribution is -0.177. The molecule has 1 saturated heterocycles. The van der Waals surface area contributed by atoms with Crippen LogP contribution in [0.1, 0.15) is 32.6 Å². The molecule has 1 saturated carbocycles. The molecule has 4 nitrogen and oxygen atoms in total. The third-order valence-corrected chi connectivity index (χ3v) is 3.15. The van der Waals surface area contributed by atoms with E-state index in [0.29, 0.717) is 0 Å². The SMILES string of the molecule is C[C@@H]1COC(=O)[C@H]2CCCC[C@H]2C(=O)O1. The van der Waals surface area contributed by atoms with E-state index in [1.807, 2.05) is 0 Å². The molecule has 1 heterocycles. The van der Waals surface area contributed by atoms with Crippen molar-refractivity contribution >= 4 is 11.9 Å². The number of fused-ring (bicyclic) bond motifs is 1. The number of carbonyl (C=O) groups excluding carboxylic acids is 2. The first-order chi connectivity index (χ1) is 7.18. The largest absolute Gasteiger partial charge is 0.462 e. The Morgan fingerprint density at radius 3 is 2.33 bits per heavy atom. The first-order valence-electron chi connectivity index (χ1n) is 5.55. The molecule has 0 spiro atoms. The summed E-state index contributed by atoms with van der Waals surface area (Å²) in [7, 11) is 0. The van der Waals surface area contributed by atoms with Gasteiger partial charge in [-0.05, 0) is 19.8 Å². The topological polar surface area (TPSA) is 52.6 Å². The molecule has 84 valence electrons. The Morgan fingerprint density at radius 1 is 1.07 bits per heavy atom. The van der Waals surface area contributed by atoms with Crippen LogP contribution in [-0.2, 0) is 19.1 Å². The minimum Gasteiger partial charge on any atom is -0.462 e. The zero-order valence-corrected chi connectivity index (χ0v) is 8.90. The Balaban J connectivity index is 2.15. The van der Waals surface area contributed by atoms with Gasteiger partial charge in [-0.15, -0.1) is 0 Å². The van der Waals surface area contributed by atoms with Gasteiger partial charge >= 0.3 is 11.9 Å². The van der Waals surface area contributed by atoms with E-state index >= 15 is 0 Å². The van der Waals surface area contributed by atoms with Gasteiger partial charge in [-0.2, -0.15) is 0 Å². The lowest BCUT2D eigenvalue weighted by atomic mass is 9.79. The van der Waals surface area contributed by atoms with Gasteiger partial charge in [0.05, 0.1) is 11.8 Å². The highest BCUT2D eigenvalue weighted by Crippen LogP contribution is 2.33. The Hall–Kier alpha value is -1.06. The summed E-state index contributed by atoms with van der Waals surface area (Å²) in [5.74, 6) is -0.972. The molecule has 0 aromatic heterocycles. The Bertz CT molecular complexity index is 274. The average molecular weight is 212 g/mol. The van der Waals surface area contributed by atoms with Crippen LogP contribution in [0.25, 0.3) is 0 Å². The molecule has 4 heteroatoms. The molecule has 15 heavy (non-hydrogen) atoms. The van der Waals surface area contributed by atoms with E-state index in [-0.39, 0.29) is 36.5 Å². The molecular weight excluding hydrogens is 196 g/mol. The summed E-state index contributed by atoms with van der Waals surface area (Å²) in [4.78, 5) is 23.4. The van der Waals surface area contributed by atoms with Gasteiger partial charge in [0.15, 0.2) is 0 Å². The second-order valence-electron chi connectivity index (χ2n) is 4.37. The van der Waals surface area contributed by atoms with E-state index < -0.39 is 0 Å².